The van der Waals surface area contributed by atoms with Gasteiger partial charge in [0.05, 0.1) is 0 Å². The zero-order valence-corrected chi connectivity index (χ0v) is 8.97. The third-order valence-corrected chi connectivity index (χ3v) is 3.94. The Hall–Kier alpha value is -1.35. The van der Waals surface area contributed by atoms with Gasteiger partial charge in [-0.05, 0) is 30.2 Å². The topological polar surface area (TPSA) is 49.3 Å². The van der Waals surface area contributed by atoms with Gasteiger partial charge in [-0.1, -0.05) is 30.3 Å². The first-order chi connectivity index (χ1) is 7.75. The van der Waals surface area contributed by atoms with Gasteiger partial charge in [-0.25, -0.2) is 0 Å². The van der Waals surface area contributed by atoms with Crippen molar-refractivity contribution < 1.29 is 9.90 Å². The molecule has 3 nitrogen and oxygen atoms in total. The molecule has 1 aromatic carbocycles. The lowest BCUT2D eigenvalue weighted by Gasteiger charge is -2.50. The summed E-state index contributed by atoms with van der Waals surface area (Å²) in [7, 11) is 0. The standard InChI is InChI=1S/C13H15NO2/c15-13(16)12-10-6-9(7-10)11(14-12)8-4-2-1-3-5-8/h1-5,9-12,14H,6-7H2,(H,15,16). The van der Waals surface area contributed by atoms with Crippen LogP contribution in [0.3, 0.4) is 0 Å². The summed E-state index contributed by atoms with van der Waals surface area (Å²) in [5.41, 5.74) is 1.22. The summed E-state index contributed by atoms with van der Waals surface area (Å²) in [6.07, 6.45) is 2.12. The highest BCUT2D eigenvalue weighted by atomic mass is 16.4. The van der Waals surface area contributed by atoms with E-state index in [0.29, 0.717) is 11.8 Å². The van der Waals surface area contributed by atoms with Gasteiger partial charge in [0.15, 0.2) is 0 Å². The highest BCUT2D eigenvalue weighted by Crippen LogP contribution is 2.48. The second-order valence-electron chi connectivity index (χ2n) is 4.86. The van der Waals surface area contributed by atoms with Gasteiger partial charge < -0.3 is 5.11 Å². The monoisotopic (exact) mass is 217 g/mol. The summed E-state index contributed by atoms with van der Waals surface area (Å²) in [6.45, 7) is 0. The minimum Gasteiger partial charge on any atom is -0.480 e. The summed E-state index contributed by atoms with van der Waals surface area (Å²) in [4.78, 5) is 11.1. The molecular weight excluding hydrogens is 202 g/mol. The molecule has 2 aliphatic heterocycles. The molecule has 2 N–H and O–H groups in total. The van der Waals surface area contributed by atoms with Gasteiger partial charge in [-0.2, -0.15) is 0 Å². The van der Waals surface area contributed by atoms with Crippen molar-refractivity contribution in [3.63, 3.8) is 0 Å². The number of benzene rings is 1. The molecule has 3 fully saturated rings. The number of fused-ring (bicyclic) bond motifs is 2. The number of carboxylic acids is 1. The van der Waals surface area contributed by atoms with E-state index >= 15 is 0 Å². The lowest BCUT2D eigenvalue weighted by molar-refractivity contribution is -0.146. The summed E-state index contributed by atoms with van der Waals surface area (Å²) in [5.74, 6) is 0.273. The van der Waals surface area contributed by atoms with Crippen molar-refractivity contribution in [3.05, 3.63) is 35.9 Å². The molecule has 84 valence electrons. The lowest BCUT2D eigenvalue weighted by atomic mass is 9.63. The van der Waals surface area contributed by atoms with Crippen LogP contribution in [0.1, 0.15) is 24.4 Å². The van der Waals surface area contributed by atoms with Crippen LogP contribution in [0.2, 0.25) is 0 Å². The Morgan fingerprint density at radius 1 is 1.19 bits per heavy atom. The first-order valence-corrected chi connectivity index (χ1v) is 5.79. The van der Waals surface area contributed by atoms with Crippen molar-refractivity contribution in [1.29, 1.82) is 0 Å². The van der Waals surface area contributed by atoms with Gasteiger partial charge in [0.25, 0.3) is 0 Å². The van der Waals surface area contributed by atoms with Gasteiger partial charge in [0, 0.05) is 6.04 Å². The number of piperidine rings is 2. The van der Waals surface area contributed by atoms with Crippen molar-refractivity contribution in [1.82, 2.24) is 5.32 Å². The molecule has 0 spiro atoms. The molecule has 4 rings (SSSR count). The first kappa shape index (κ1) is 9.85. The molecular formula is C13H15NO2. The maximum atomic E-state index is 11.1. The van der Waals surface area contributed by atoms with E-state index in [2.05, 4.69) is 17.4 Å². The minimum absolute atomic E-state index is 0.229. The summed E-state index contributed by atoms with van der Waals surface area (Å²) >= 11 is 0. The van der Waals surface area contributed by atoms with Crippen LogP contribution >= 0.6 is 0 Å². The fourth-order valence-corrected chi connectivity index (χ4v) is 3.02. The average Bonchev–Trinajstić information content (AvgIpc) is 2.28. The van der Waals surface area contributed by atoms with Crippen LogP contribution in [0.15, 0.2) is 30.3 Å². The van der Waals surface area contributed by atoms with E-state index in [1.165, 1.54) is 5.56 Å². The molecule has 2 atom stereocenters. The molecule has 2 unspecified atom stereocenters. The Morgan fingerprint density at radius 3 is 2.50 bits per heavy atom. The third kappa shape index (κ3) is 1.43. The smallest absolute Gasteiger partial charge is 0.321 e. The average molecular weight is 217 g/mol. The number of carbonyl (C=O) groups is 1. The molecule has 1 aliphatic carbocycles. The maximum absolute atomic E-state index is 11.1. The summed E-state index contributed by atoms with van der Waals surface area (Å²) < 4.78 is 0. The summed E-state index contributed by atoms with van der Waals surface area (Å²) in [6, 6.07) is 10.0. The van der Waals surface area contributed by atoms with Crippen molar-refractivity contribution in [3.8, 4) is 0 Å². The number of rotatable bonds is 2. The Balaban J connectivity index is 1.84. The fraction of sp³-hybridized carbons (Fsp3) is 0.462. The highest BCUT2D eigenvalue weighted by Gasteiger charge is 2.48. The van der Waals surface area contributed by atoms with E-state index in [9.17, 15) is 4.79 Å². The Bertz CT molecular complexity index is 398. The number of hydrogen-bond donors (Lipinski definition) is 2. The quantitative estimate of drug-likeness (QED) is 0.794. The molecule has 2 saturated heterocycles. The SMILES string of the molecule is O=C(O)C1NC(c2ccccc2)C2CC1C2. The van der Waals surface area contributed by atoms with Crippen LogP contribution in [0.5, 0.6) is 0 Å². The van der Waals surface area contributed by atoms with Crippen molar-refractivity contribution in [2.45, 2.75) is 24.9 Å². The zero-order chi connectivity index (χ0) is 11.1. The van der Waals surface area contributed by atoms with Crippen LogP contribution in [-0.2, 0) is 4.79 Å². The molecule has 2 heterocycles. The summed E-state index contributed by atoms with van der Waals surface area (Å²) in [5, 5.41) is 12.4. The molecule has 3 aliphatic rings. The third-order valence-electron chi connectivity index (χ3n) is 3.94. The zero-order valence-electron chi connectivity index (χ0n) is 8.97. The Morgan fingerprint density at radius 2 is 1.88 bits per heavy atom. The van der Waals surface area contributed by atoms with Crippen molar-refractivity contribution in [2.75, 3.05) is 0 Å². The normalized spacial score (nSPS) is 36.5. The van der Waals surface area contributed by atoms with Crippen molar-refractivity contribution >= 4 is 5.97 Å². The molecule has 16 heavy (non-hydrogen) atoms. The van der Waals surface area contributed by atoms with Gasteiger partial charge in [0.2, 0.25) is 0 Å². The number of carboxylic acid groups (broad SMARTS) is 1. The predicted molar refractivity (Wildman–Crippen MR) is 60.0 cm³/mol. The Labute approximate surface area is 94.5 Å². The fourth-order valence-electron chi connectivity index (χ4n) is 3.02. The van der Waals surface area contributed by atoms with Gasteiger partial charge >= 0.3 is 5.97 Å². The number of nitrogens with one attached hydrogen (secondary N) is 1. The molecule has 1 aromatic rings. The number of hydrogen-bond acceptors (Lipinski definition) is 2. The van der Waals surface area contributed by atoms with Crippen LogP contribution in [-0.4, -0.2) is 17.1 Å². The molecule has 2 bridgehead atoms. The van der Waals surface area contributed by atoms with Gasteiger partial charge in [-0.3, -0.25) is 10.1 Å². The van der Waals surface area contributed by atoms with Gasteiger partial charge in [0.1, 0.15) is 6.04 Å². The van der Waals surface area contributed by atoms with Crippen LogP contribution < -0.4 is 5.32 Å². The lowest BCUT2D eigenvalue weighted by Crippen LogP contribution is -2.58. The molecule has 0 amide bonds. The van der Waals surface area contributed by atoms with Crippen LogP contribution in [0.4, 0.5) is 0 Å². The van der Waals surface area contributed by atoms with Crippen molar-refractivity contribution in [2.24, 2.45) is 11.8 Å². The largest absolute Gasteiger partial charge is 0.480 e. The van der Waals surface area contributed by atoms with Gasteiger partial charge in [-0.15, -0.1) is 0 Å². The predicted octanol–water partition coefficient (Wildman–Crippen LogP) is 1.81. The number of aliphatic carboxylic acids is 1. The Kier molecular flexibility index (Phi) is 2.21. The van der Waals surface area contributed by atoms with E-state index in [4.69, 9.17) is 5.11 Å². The maximum Gasteiger partial charge on any atom is 0.321 e. The second kappa shape index (κ2) is 3.59. The minimum atomic E-state index is -0.705. The van der Waals surface area contributed by atoms with Crippen LogP contribution in [0.25, 0.3) is 0 Å². The second-order valence-corrected chi connectivity index (χ2v) is 4.86. The molecule has 0 radical (unpaired) electrons. The molecule has 3 heteroatoms. The van der Waals surface area contributed by atoms with E-state index in [0.717, 1.165) is 12.8 Å². The van der Waals surface area contributed by atoms with Crippen LogP contribution in [0, 0.1) is 11.8 Å². The van der Waals surface area contributed by atoms with E-state index in [1.54, 1.807) is 0 Å². The van der Waals surface area contributed by atoms with E-state index in [1.807, 2.05) is 18.2 Å². The molecule has 0 aromatic heterocycles. The first-order valence-electron chi connectivity index (χ1n) is 5.79. The van der Waals surface area contributed by atoms with E-state index < -0.39 is 5.97 Å². The highest BCUT2D eigenvalue weighted by molar-refractivity contribution is 5.74. The molecule has 1 saturated carbocycles. The van der Waals surface area contributed by atoms with E-state index in [-0.39, 0.29) is 12.1 Å².